The zero-order valence-corrected chi connectivity index (χ0v) is 31.9. The van der Waals surface area contributed by atoms with Gasteiger partial charge in [0.2, 0.25) is 11.8 Å². The lowest BCUT2D eigenvalue weighted by Gasteiger charge is -2.30. The first-order valence-electron chi connectivity index (χ1n) is 19.6. The molecule has 2 saturated carbocycles. The van der Waals surface area contributed by atoms with Crippen molar-refractivity contribution in [3.63, 3.8) is 0 Å². The van der Waals surface area contributed by atoms with Gasteiger partial charge in [-0.15, -0.1) is 0 Å². The number of carbonyl (C=O) groups is 3. The number of rotatable bonds is 11. The smallest absolute Gasteiger partial charge is 0.407 e. The summed E-state index contributed by atoms with van der Waals surface area (Å²) in [5.74, 6) is 1.92. The normalized spacial score (nSPS) is 22.0. The summed E-state index contributed by atoms with van der Waals surface area (Å²) >= 11 is 0. The Labute approximate surface area is 325 Å². The number of hydrogen-bond donors (Lipinski definition) is 5. The number of aromatic nitrogens is 5. The number of H-pyrrole nitrogens is 3. The molecule has 8 rings (SSSR count). The first-order chi connectivity index (χ1) is 27.2. The van der Waals surface area contributed by atoms with Crippen LogP contribution in [0.4, 0.5) is 4.79 Å². The van der Waals surface area contributed by atoms with Crippen molar-refractivity contribution in [3.05, 3.63) is 107 Å². The van der Waals surface area contributed by atoms with E-state index in [4.69, 9.17) is 9.72 Å². The van der Waals surface area contributed by atoms with Crippen LogP contribution in [0.15, 0.2) is 84.0 Å². The van der Waals surface area contributed by atoms with E-state index in [1.165, 1.54) is 7.11 Å². The second kappa shape index (κ2) is 15.6. The zero-order valence-electron chi connectivity index (χ0n) is 31.9. The zero-order chi connectivity index (χ0) is 38.9. The van der Waals surface area contributed by atoms with E-state index in [1.807, 2.05) is 31.1 Å². The van der Waals surface area contributed by atoms with Gasteiger partial charge in [-0.25, -0.2) is 14.8 Å². The SMILES string of the molecule is COC(=O)N[C@H](C(=O)N1CCC[C@H]1c1ncc(-c2ccc(-c3ccc(-c4cnc(C5C6CCC(C6)[C@@H]5C(=O)NCc5ccc[nH]c5=O)[nH]4)cc3)cc2)[nH]1)C(C)C. The number of nitrogens with one attached hydrogen (secondary N) is 5. The Morgan fingerprint density at radius 3 is 2.12 bits per heavy atom. The predicted molar refractivity (Wildman–Crippen MR) is 211 cm³/mol. The minimum absolute atomic E-state index is 0.00896. The number of ether oxygens (including phenoxy) is 1. The Morgan fingerprint density at radius 1 is 0.857 bits per heavy atom. The maximum Gasteiger partial charge on any atom is 0.407 e. The number of imidazole rings is 2. The molecule has 0 radical (unpaired) electrons. The van der Waals surface area contributed by atoms with Gasteiger partial charge in [-0.05, 0) is 78.2 Å². The van der Waals surface area contributed by atoms with Crippen LogP contribution in [0.3, 0.4) is 0 Å². The van der Waals surface area contributed by atoms with E-state index in [9.17, 15) is 19.2 Å². The third-order valence-corrected chi connectivity index (χ3v) is 12.0. The summed E-state index contributed by atoms with van der Waals surface area (Å²) in [6.45, 7) is 4.61. The van der Waals surface area contributed by atoms with Gasteiger partial charge in [0.05, 0.1) is 42.9 Å². The summed E-state index contributed by atoms with van der Waals surface area (Å²) in [6.07, 6.45) is 9.45. The highest BCUT2D eigenvalue weighted by Crippen LogP contribution is 2.56. The van der Waals surface area contributed by atoms with Crippen LogP contribution in [-0.4, -0.2) is 67.4 Å². The van der Waals surface area contributed by atoms with Gasteiger partial charge in [0.1, 0.15) is 17.7 Å². The molecule has 2 aliphatic carbocycles. The molecular formula is C43H48N8O5. The molecule has 5 N–H and O–H groups in total. The number of alkyl carbamates (subject to hydrolysis) is 1. The fraction of sp³-hybridized carbons (Fsp3) is 0.395. The van der Waals surface area contributed by atoms with Crippen LogP contribution < -0.4 is 16.2 Å². The molecule has 0 spiro atoms. The molecular weight excluding hydrogens is 709 g/mol. The standard InChI is InChI=1S/C43H48N8O5/c1-24(2)37(50-43(55)56-3)42(54)51-19-5-7-34(51)38-45-22-32(48-38)27-12-8-25(9-13-27)26-10-14-28(15-11-26)33-23-46-39(49-33)35-29-16-17-30(20-29)36(35)41(53)47-21-31-6-4-18-44-40(31)52/h4,6,8-15,18,22-24,29-30,34-37H,5,7,16-17,19-21H2,1-3H3,(H,44,52)(H,45,48)(H,46,49)(H,47,53)(H,50,55)/t29?,30?,34-,35?,36-,37-/m0/s1. The minimum Gasteiger partial charge on any atom is -0.453 e. The van der Waals surface area contributed by atoms with Crippen molar-refractivity contribution < 1.29 is 19.1 Å². The van der Waals surface area contributed by atoms with E-state index in [-0.39, 0.29) is 47.7 Å². The van der Waals surface area contributed by atoms with Crippen LogP contribution in [0, 0.1) is 23.7 Å². The number of benzene rings is 2. The Balaban J connectivity index is 0.919. The highest BCUT2D eigenvalue weighted by atomic mass is 16.5. The number of pyridine rings is 1. The van der Waals surface area contributed by atoms with Crippen LogP contribution in [0.2, 0.25) is 0 Å². The predicted octanol–water partition coefficient (Wildman–Crippen LogP) is 6.31. The lowest BCUT2D eigenvalue weighted by Crippen LogP contribution is -2.51. The topological polar surface area (TPSA) is 178 Å². The molecule has 3 aliphatic rings. The number of carbonyl (C=O) groups excluding carboxylic acids is 3. The van der Waals surface area contributed by atoms with Gasteiger partial charge in [0, 0.05) is 30.8 Å². The summed E-state index contributed by atoms with van der Waals surface area (Å²) < 4.78 is 4.76. The second-order valence-electron chi connectivity index (χ2n) is 15.7. The lowest BCUT2D eigenvalue weighted by atomic mass is 9.78. The average Bonchev–Trinajstić information content (AvgIpc) is 4.08. The third-order valence-electron chi connectivity index (χ3n) is 12.0. The molecule has 56 heavy (non-hydrogen) atoms. The molecule has 2 bridgehead atoms. The van der Waals surface area contributed by atoms with Crippen LogP contribution in [-0.2, 0) is 20.9 Å². The number of amides is 3. The lowest BCUT2D eigenvalue weighted by molar-refractivity contribution is -0.135. The van der Waals surface area contributed by atoms with Crippen molar-refractivity contribution in [2.24, 2.45) is 23.7 Å². The first kappa shape index (κ1) is 37.0. The summed E-state index contributed by atoms with van der Waals surface area (Å²) in [7, 11) is 1.29. The van der Waals surface area contributed by atoms with Crippen molar-refractivity contribution in [1.82, 2.24) is 40.5 Å². The van der Waals surface area contributed by atoms with E-state index in [1.54, 1.807) is 18.3 Å². The van der Waals surface area contributed by atoms with Crippen molar-refractivity contribution >= 4 is 17.9 Å². The Hall–Kier alpha value is -5.98. The maximum absolute atomic E-state index is 13.5. The van der Waals surface area contributed by atoms with Gasteiger partial charge in [-0.2, -0.15) is 0 Å². The van der Waals surface area contributed by atoms with Crippen molar-refractivity contribution in [2.75, 3.05) is 13.7 Å². The fourth-order valence-corrected chi connectivity index (χ4v) is 9.14. The molecule has 290 valence electrons. The fourth-order valence-electron chi connectivity index (χ4n) is 9.14. The van der Waals surface area contributed by atoms with E-state index in [2.05, 4.69) is 79.1 Å². The van der Waals surface area contributed by atoms with Gasteiger partial charge >= 0.3 is 6.09 Å². The van der Waals surface area contributed by atoms with Crippen LogP contribution in [0.5, 0.6) is 0 Å². The molecule has 13 nitrogen and oxygen atoms in total. The molecule has 13 heteroatoms. The van der Waals surface area contributed by atoms with Crippen LogP contribution in [0.25, 0.3) is 33.6 Å². The maximum atomic E-state index is 13.5. The minimum atomic E-state index is -0.684. The number of methoxy groups -OCH3 is 1. The van der Waals surface area contributed by atoms with Gasteiger partial charge in [0.25, 0.3) is 5.56 Å². The summed E-state index contributed by atoms with van der Waals surface area (Å²) in [5.41, 5.74) is 6.29. The number of likely N-dealkylation sites (tertiary alicyclic amines) is 1. The van der Waals surface area contributed by atoms with E-state index in [0.29, 0.717) is 23.9 Å². The molecule has 1 saturated heterocycles. The van der Waals surface area contributed by atoms with Gasteiger partial charge in [-0.1, -0.05) is 68.4 Å². The van der Waals surface area contributed by atoms with Gasteiger partial charge in [-0.3, -0.25) is 14.4 Å². The summed E-state index contributed by atoms with van der Waals surface area (Å²) in [4.78, 5) is 72.1. The molecule has 6 atom stereocenters. The largest absolute Gasteiger partial charge is 0.453 e. The van der Waals surface area contributed by atoms with Crippen LogP contribution >= 0.6 is 0 Å². The quantitative estimate of drug-likeness (QED) is 0.105. The molecule has 2 aromatic carbocycles. The van der Waals surface area contributed by atoms with Crippen molar-refractivity contribution in [3.8, 4) is 33.6 Å². The Bertz CT molecular complexity index is 2260. The van der Waals surface area contributed by atoms with Crippen molar-refractivity contribution in [2.45, 2.75) is 70.5 Å². The molecule has 4 heterocycles. The third kappa shape index (κ3) is 7.25. The van der Waals surface area contributed by atoms with Gasteiger partial charge in [0.15, 0.2) is 0 Å². The molecule has 5 aromatic rings. The highest BCUT2D eigenvalue weighted by molar-refractivity contribution is 5.86. The monoisotopic (exact) mass is 756 g/mol. The van der Waals surface area contributed by atoms with E-state index in [0.717, 1.165) is 77.4 Å². The Kier molecular flexibility index (Phi) is 10.3. The molecule has 3 aromatic heterocycles. The number of aromatic amines is 3. The van der Waals surface area contributed by atoms with Gasteiger partial charge < -0.3 is 35.2 Å². The van der Waals surface area contributed by atoms with Crippen LogP contribution in [0.1, 0.15) is 75.1 Å². The molecule has 3 amide bonds. The highest BCUT2D eigenvalue weighted by Gasteiger charge is 2.52. The van der Waals surface area contributed by atoms with E-state index >= 15 is 0 Å². The summed E-state index contributed by atoms with van der Waals surface area (Å²) in [6, 6.07) is 19.3. The summed E-state index contributed by atoms with van der Waals surface area (Å²) in [5, 5.41) is 5.74. The number of hydrogen-bond acceptors (Lipinski definition) is 7. The average molecular weight is 757 g/mol. The number of fused-ring (bicyclic) bond motifs is 2. The molecule has 3 unspecified atom stereocenters. The Morgan fingerprint density at radius 2 is 1.48 bits per heavy atom. The van der Waals surface area contributed by atoms with E-state index < -0.39 is 12.1 Å². The number of nitrogens with zero attached hydrogens (tertiary/aromatic N) is 3. The first-order valence-corrected chi connectivity index (χ1v) is 19.6. The molecule has 3 fully saturated rings. The molecule has 1 aliphatic heterocycles. The second-order valence-corrected chi connectivity index (χ2v) is 15.7. The van der Waals surface area contributed by atoms with Crippen molar-refractivity contribution in [1.29, 1.82) is 0 Å².